The Morgan fingerprint density at radius 3 is 2.44 bits per heavy atom. The van der Waals surface area contributed by atoms with Crippen LogP contribution in [0.4, 0.5) is 5.82 Å². The van der Waals surface area contributed by atoms with Crippen LogP contribution < -0.4 is 14.5 Å². The van der Waals surface area contributed by atoms with Crippen molar-refractivity contribution in [1.29, 1.82) is 0 Å². The van der Waals surface area contributed by atoms with Crippen LogP contribution in [0.2, 0.25) is 0 Å². The fourth-order valence-corrected chi connectivity index (χ4v) is 4.55. The quantitative estimate of drug-likeness (QED) is 0.417. The van der Waals surface area contributed by atoms with Gasteiger partial charge >= 0.3 is 0 Å². The number of aryl methyl sites for hydroxylation is 1. The number of aromatic nitrogens is 2. The number of benzene rings is 2. The van der Waals surface area contributed by atoms with Crippen molar-refractivity contribution in [2.45, 2.75) is 31.6 Å². The number of hydrazone groups is 1. The summed E-state index contributed by atoms with van der Waals surface area (Å²) >= 11 is 0. The number of ether oxygens (including phenoxy) is 1. The van der Waals surface area contributed by atoms with E-state index < -0.39 is 10.0 Å². The Balaban J connectivity index is 1.61. The van der Waals surface area contributed by atoms with Crippen LogP contribution in [0.15, 0.2) is 64.6 Å². The highest BCUT2D eigenvalue weighted by atomic mass is 32.2. The van der Waals surface area contributed by atoms with Crippen LogP contribution in [0, 0.1) is 6.92 Å². The van der Waals surface area contributed by atoms with E-state index in [1.54, 1.807) is 18.3 Å². The van der Waals surface area contributed by atoms with Crippen LogP contribution in [0.25, 0.3) is 5.69 Å². The maximum Gasteiger partial charge on any atom is 0.276 e. The lowest BCUT2D eigenvalue weighted by molar-refractivity contribution is 0.340. The van der Waals surface area contributed by atoms with Crippen molar-refractivity contribution >= 4 is 22.1 Å². The molecule has 168 valence electrons. The minimum absolute atomic E-state index is 0.120. The van der Waals surface area contributed by atoms with E-state index in [1.165, 1.54) is 12.1 Å². The van der Waals surface area contributed by atoms with Crippen molar-refractivity contribution < 1.29 is 13.2 Å². The number of hydrogen-bond donors (Lipinski definition) is 1. The van der Waals surface area contributed by atoms with Gasteiger partial charge in [-0.25, -0.2) is 9.51 Å². The van der Waals surface area contributed by atoms with Crippen molar-refractivity contribution in [3.8, 4) is 11.4 Å². The monoisotopic (exact) mass is 453 g/mol. The summed E-state index contributed by atoms with van der Waals surface area (Å²) in [6, 6.07) is 16.2. The normalized spacial score (nSPS) is 14.2. The average Bonchev–Trinajstić information content (AvgIpc) is 3.43. The standard InChI is InChI=1S/C23H27N5O3S/c1-3-31-20-11-13-21(14-12-20)32(29,30)26-24-17-22-18(2)25-28(19-9-5-4-6-10-19)23(22)27-15-7-8-16-27/h4-6,9-14,17,26H,3,7-8,15-16H2,1-2H3/b24-17-. The van der Waals surface area contributed by atoms with Gasteiger partial charge in [0.2, 0.25) is 0 Å². The topological polar surface area (TPSA) is 88.8 Å². The summed E-state index contributed by atoms with van der Waals surface area (Å²) in [7, 11) is -3.80. The number of nitrogens with one attached hydrogen (secondary N) is 1. The molecule has 0 bridgehead atoms. The number of rotatable bonds is 8. The van der Waals surface area contributed by atoms with Crippen LogP contribution >= 0.6 is 0 Å². The fourth-order valence-electron chi connectivity index (χ4n) is 3.76. The van der Waals surface area contributed by atoms with Gasteiger partial charge in [-0.3, -0.25) is 0 Å². The van der Waals surface area contributed by atoms with Crippen LogP contribution in [-0.4, -0.2) is 44.1 Å². The molecule has 1 fully saturated rings. The largest absolute Gasteiger partial charge is 0.494 e. The lowest BCUT2D eigenvalue weighted by Gasteiger charge is -2.20. The second kappa shape index (κ2) is 9.44. The highest BCUT2D eigenvalue weighted by molar-refractivity contribution is 7.89. The van der Waals surface area contributed by atoms with Gasteiger partial charge in [-0.05, 0) is 63.1 Å². The molecule has 1 aromatic heterocycles. The Kier molecular flexibility index (Phi) is 6.45. The zero-order chi connectivity index (χ0) is 22.6. The van der Waals surface area contributed by atoms with Gasteiger partial charge in [-0.15, -0.1) is 0 Å². The van der Waals surface area contributed by atoms with Gasteiger partial charge in [0.1, 0.15) is 11.6 Å². The summed E-state index contributed by atoms with van der Waals surface area (Å²) in [5.74, 6) is 1.55. The third kappa shape index (κ3) is 4.62. The fraction of sp³-hybridized carbons (Fsp3) is 0.304. The first-order valence-corrected chi connectivity index (χ1v) is 12.2. The molecular weight excluding hydrogens is 426 g/mol. The second-order valence-corrected chi connectivity index (χ2v) is 9.18. The average molecular weight is 454 g/mol. The zero-order valence-electron chi connectivity index (χ0n) is 18.2. The molecule has 8 nitrogen and oxygen atoms in total. The third-order valence-corrected chi connectivity index (χ3v) is 6.54. The highest BCUT2D eigenvalue weighted by Gasteiger charge is 2.23. The molecule has 0 saturated carbocycles. The predicted octanol–water partition coefficient (Wildman–Crippen LogP) is 3.49. The number of sulfonamides is 1. The molecule has 2 aromatic carbocycles. The van der Waals surface area contributed by atoms with E-state index >= 15 is 0 Å². The van der Waals surface area contributed by atoms with E-state index in [1.807, 2.05) is 48.9 Å². The van der Waals surface area contributed by atoms with Gasteiger partial charge in [-0.1, -0.05) is 18.2 Å². The van der Waals surface area contributed by atoms with Crippen LogP contribution in [0.5, 0.6) is 5.75 Å². The number of nitrogens with zero attached hydrogens (tertiary/aromatic N) is 4. The maximum atomic E-state index is 12.6. The van der Waals surface area contributed by atoms with E-state index in [4.69, 9.17) is 9.84 Å². The Hall–Kier alpha value is -3.33. The molecule has 9 heteroatoms. The molecule has 1 aliphatic heterocycles. The molecular formula is C23H27N5O3S. The molecule has 1 aliphatic rings. The first kappa shape index (κ1) is 21.9. The van der Waals surface area contributed by atoms with Crippen molar-refractivity contribution in [2.24, 2.45) is 5.10 Å². The van der Waals surface area contributed by atoms with Gasteiger partial charge < -0.3 is 9.64 Å². The number of anilines is 1. The van der Waals surface area contributed by atoms with Crippen LogP contribution in [0.3, 0.4) is 0 Å². The summed E-state index contributed by atoms with van der Waals surface area (Å²) in [5, 5.41) is 8.79. The van der Waals surface area contributed by atoms with E-state index in [9.17, 15) is 8.42 Å². The van der Waals surface area contributed by atoms with Gasteiger partial charge in [0.05, 0.1) is 34.7 Å². The molecule has 4 rings (SSSR count). The minimum atomic E-state index is -3.80. The van der Waals surface area contributed by atoms with E-state index in [-0.39, 0.29) is 4.90 Å². The summed E-state index contributed by atoms with van der Waals surface area (Å²) in [6.07, 6.45) is 3.77. The molecule has 0 unspecified atom stereocenters. The Morgan fingerprint density at radius 2 is 1.78 bits per heavy atom. The molecule has 32 heavy (non-hydrogen) atoms. The Bertz CT molecular complexity index is 1180. The molecule has 1 saturated heterocycles. The first-order chi connectivity index (χ1) is 15.5. The Labute approximate surface area is 188 Å². The van der Waals surface area contributed by atoms with Crippen molar-refractivity contribution in [2.75, 3.05) is 24.6 Å². The lowest BCUT2D eigenvalue weighted by Crippen LogP contribution is -2.23. The van der Waals surface area contributed by atoms with Crippen LogP contribution in [0.1, 0.15) is 31.0 Å². The number of hydrogen-bond acceptors (Lipinski definition) is 6. The maximum absolute atomic E-state index is 12.6. The van der Waals surface area contributed by atoms with Crippen molar-refractivity contribution in [1.82, 2.24) is 14.6 Å². The lowest BCUT2D eigenvalue weighted by atomic mass is 10.2. The molecule has 1 N–H and O–H groups in total. The summed E-state index contributed by atoms with van der Waals surface area (Å²) in [4.78, 5) is 4.71. The Morgan fingerprint density at radius 1 is 1.09 bits per heavy atom. The van der Waals surface area contributed by atoms with Gasteiger partial charge in [0.25, 0.3) is 10.0 Å². The summed E-state index contributed by atoms with van der Waals surface area (Å²) < 4.78 is 32.6. The van der Waals surface area contributed by atoms with Crippen LogP contribution in [-0.2, 0) is 10.0 Å². The molecule has 0 spiro atoms. The van der Waals surface area contributed by atoms with Crippen molar-refractivity contribution in [3.05, 3.63) is 65.9 Å². The van der Waals surface area contributed by atoms with E-state index in [0.29, 0.717) is 12.4 Å². The van der Waals surface area contributed by atoms with E-state index in [0.717, 1.165) is 48.7 Å². The molecule has 0 aliphatic carbocycles. The van der Waals surface area contributed by atoms with Crippen molar-refractivity contribution in [3.63, 3.8) is 0 Å². The molecule has 0 amide bonds. The zero-order valence-corrected chi connectivity index (χ0v) is 19.0. The second-order valence-electron chi connectivity index (χ2n) is 7.52. The predicted molar refractivity (Wildman–Crippen MR) is 125 cm³/mol. The smallest absolute Gasteiger partial charge is 0.276 e. The number of para-hydroxylation sites is 1. The highest BCUT2D eigenvalue weighted by Crippen LogP contribution is 2.29. The van der Waals surface area contributed by atoms with E-state index in [2.05, 4.69) is 14.8 Å². The summed E-state index contributed by atoms with van der Waals surface area (Å²) in [6.45, 7) is 6.15. The SMILES string of the molecule is CCOc1ccc(S(=O)(=O)N/N=C\c2c(C)nn(-c3ccccc3)c2N2CCCC2)cc1. The summed E-state index contributed by atoms with van der Waals surface area (Å²) in [5.41, 5.74) is 2.53. The van der Waals surface area contributed by atoms with Gasteiger partial charge in [0, 0.05) is 13.1 Å². The van der Waals surface area contributed by atoms with Gasteiger partial charge in [-0.2, -0.15) is 18.6 Å². The third-order valence-electron chi connectivity index (χ3n) is 5.30. The molecule has 0 radical (unpaired) electrons. The first-order valence-electron chi connectivity index (χ1n) is 10.7. The van der Waals surface area contributed by atoms with Gasteiger partial charge in [0.15, 0.2) is 0 Å². The molecule has 2 heterocycles. The molecule has 3 aromatic rings. The minimum Gasteiger partial charge on any atom is -0.494 e. The molecule has 0 atom stereocenters.